The van der Waals surface area contributed by atoms with Crippen molar-refractivity contribution in [1.82, 2.24) is 9.88 Å². The molecule has 1 aliphatic rings. The maximum absolute atomic E-state index is 10.9. The van der Waals surface area contributed by atoms with E-state index in [1.54, 1.807) is 24.2 Å². The van der Waals surface area contributed by atoms with E-state index in [2.05, 4.69) is 11.1 Å². The van der Waals surface area contributed by atoms with Crippen molar-refractivity contribution in [3.05, 3.63) is 35.6 Å². The summed E-state index contributed by atoms with van der Waals surface area (Å²) >= 11 is 8.10. The third kappa shape index (κ3) is 3.24. The summed E-state index contributed by atoms with van der Waals surface area (Å²) < 4.78 is 0. The number of carbonyl (C=O) groups is 1. The maximum Gasteiger partial charge on any atom is 0.407 e. The molecule has 4 nitrogen and oxygen atoms in total. The lowest BCUT2D eigenvalue weighted by Gasteiger charge is -2.29. The van der Waals surface area contributed by atoms with E-state index in [1.807, 2.05) is 12.1 Å². The summed E-state index contributed by atoms with van der Waals surface area (Å²) in [7, 11) is 0. The Morgan fingerprint density at radius 3 is 2.81 bits per heavy atom. The summed E-state index contributed by atoms with van der Waals surface area (Å²) in [6.45, 7) is 1.20. The van der Waals surface area contributed by atoms with Gasteiger partial charge in [0, 0.05) is 41.0 Å². The van der Waals surface area contributed by atoms with Crippen LogP contribution in [0.3, 0.4) is 0 Å². The molecule has 1 aromatic carbocycles. The third-order valence-corrected chi connectivity index (χ3v) is 5.52. The number of hydrogen-bond donors (Lipinski definition) is 1. The third-order valence-electron chi connectivity index (χ3n) is 3.70. The van der Waals surface area contributed by atoms with Crippen molar-refractivity contribution in [3.8, 4) is 0 Å². The molecule has 0 unspecified atom stereocenters. The zero-order chi connectivity index (χ0) is 14.8. The molecule has 1 aliphatic heterocycles. The second-order valence-electron chi connectivity index (χ2n) is 5.09. The highest BCUT2D eigenvalue weighted by Crippen LogP contribution is 2.37. The molecule has 1 N–H and O–H groups in total. The second-order valence-corrected chi connectivity index (χ2v) is 6.84. The number of aromatic nitrogens is 1. The first-order valence-corrected chi connectivity index (χ1v) is 8.07. The minimum absolute atomic E-state index is 0.414. The standard InChI is InChI=1S/C15H15ClN2O2S/c16-13-7-11-9-17-4-1-10(11)8-14(13)21-12-2-5-18(6-3-12)15(19)20/h1,4,7-9,12H,2-3,5-6H2,(H,19,20). The van der Waals surface area contributed by atoms with Gasteiger partial charge in [-0.15, -0.1) is 11.8 Å². The summed E-state index contributed by atoms with van der Waals surface area (Å²) in [6.07, 6.45) is 4.48. The zero-order valence-electron chi connectivity index (χ0n) is 11.3. The molecule has 1 amide bonds. The largest absolute Gasteiger partial charge is 0.465 e. The fourth-order valence-electron chi connectivity index (χ4n) is 2.52. The number of carboxylic acid groups (broad SMARTS) is 1. The summed E-state index contributed by atoms with van der Waals surface area (Å²) in [6, 6.07) is 6.01. The molecule has 1 fully saturated rings. The fourth-order valence-corrected chi connectivity index (χ4v) is 4.00. The molecule has 2 heterocycles. The summed E-state index contributed by atoms with van der Waals surface area (Å²) in [5, 5.41) is 12.3. The molecular formula is C15H15ClN2O2S. The number of pyridine rings is 1. The Kier molecular flexibility index (Phi) is 4.22. The van der Waals surface area contributed by atoms with Crippen molar-refractivity contribution in [2.75, 3.05) is 13.1 Å². The van der Waals surface area contributed by atoms with E-state index in [4.69, 9.17) is 16.7 Å². The number of thioether (sulfide) groups is 1. The Labute approximate surface area is 132 Å². The number of hydrogen-bond acceptors (Lipinski definition) is 3. The number of rotatable bonds is 2. The van der Waals surface area contributed by atoms with Gasteiger partial charge in [-0.1, -0.05) is 11.6 Å². The number of piperidine rings is 1. The number of amides is 1. The molecule has 0 bridgehead atoms. The highest BCUT2D eigenvalue weighted by atomic mass is 35.5. The molecule has 21 heavy (non-hydrogen) atoms. The quantitative estimate of drug-likeness (QED) is 0.903. The van der Waals surface area contributed by atoms with Gasteiger partial charge in [-0.3, -0.25) is 4.98 Å². The maximum atomic E-state index is 10.9. The van der Waals surface area contributed by atoms with Gasteiger partial charge in [0.15, 0.2) is 0 Å². The van der Waals surface area contributed by atoms with Gasteiger partial charge >= 0.3 is 6.09 Å². The number of fused-ring (bicyclic) bond motifs is 1. The van der Waals surface area contributed by atoms with Crippen LogP contribution in [0.2, 0.25) is 5.02 Å². The molecule has 6 heteroatoms. The highest BCUT2D eigenvalue weighted by Gasteiger charge is 2.23. The van der Waals surface area contributed by atoms with E-state index in [0.29, 0.717) is 18.3 Å². The average Bonchev–Trinajstić information content (AvgIpc) is 2.48. The SMILES string of the molecule is O=C(O)N1CCC(Sc2cc3ccncc3cc2Cl)CC1. The lowest BCUT2D eigenvalue weighted by atomic mass is 10.1. The van der Waals surface area contributed by atoms with Crippen molar-refractivity contribution in [3.63, 3.8) is 0 Å². The second kappa shape index (κ2) is 6.12. The fraction of sp³-hybridized carbons (Fsp3) is 0.333. The average molecular weight is 323 g/mol. The smallest absolute Gasteiger partial charge is 0.407 e. The van der Waals surface area contributed by atoms with Crippen molar-refractivity contribution in [2.24, 2.45) is 0 Å². The highest BCUT2D eigenvalue weighted by molar-refractivity contribution is 8.00. The van der Waals surface area contributed by atoms with Gasteiger partial charge in [0.25, 0.3) is 0 Å². The molecule has 0 aliphatic carbocycles. The first-order valence-electron chi connectivity index (χ1n) is 6.81. The van der Waals surface area contributed by atoms with E-state index in [-0.39, 0.29) is 0 Å². The van der Waals surface area contributed by atoms with Crippen LogP contribution in [0, 0.1) is 0 Å². The van der Waals surface area contributed by atoms with Crippen LogP contribution in [0.15, 0.2) is 35.5 Å². The molecule has 0 radical (unpaired) electrons. The predicted molar refractivity (Wildman–Crippen MR) is 85.2 cm³/mol. The van der Waals surface area contributed by atoms with Crippen LogP contribution in [-0.2, 0) is 0 Å². The number of nitrogens with zero attached hydrogens (tertiary/aromatic N) is 2. The number of likely N-dealkylation sites (tertiary alicyclic amines) is 1. The lowest BCUT2D eigenvalue weighted by Crippen LogP contribution is -2.38. The van der Waals surface area contributed by atoms with E-state index in [1.165, 1.54) is 4.90 Å². The Hall–Kier alpha value is -1.46. The minimum Gasteiger partial charge on any atom is -0.465 e. The Balaban J connectivity index is 1.73. The van der Waals surface area contributed by atoms with Crippen molar-refractivity contribution in [2.45, 2.75) is 23.0 Å². The molecule has 0 atom stereocenters. The molecule has 1 saturated heterocycles. The van der Waals surface area contributed by atoms with Crippen molar-refractivity contribution in [1.29, 1.82) is 0 Å². The zero-order valence-corrected chi connectivity index (χ0v) is 12.9. The van der Waals surface area contributed by atoms with Gasteiger partial charge < -0.3 is 10.0 Å². The van der Waals surface area contributed by atoms with Gasteiger partial charge in [-0.25, -0.2) is 4.79 Å². The van der Waals surface area contributed by atoms with Gasteiger partial charge in [0.2, 0.25) is 0 Å². The Bertz CT molecular complexity index is 672. The number of benzene rings is 1. The van der Waals surface area contributed by atoms with Crippen LogP contribution < -0.4 is 0 Å². The molecule has 2 aromatic rings. The summed E-state index contributed by atoms with van der Waals surface area (Å²) in [4.78, 5) is 17.5. The molecule has 0 saturated carbocycles. The van der Waals surface area contributed by atoms with E-state index in [0.717, 1.165) is 33.5 Å². The van der Waals surface area contributed by atoms with E-state index in [9.17, 15) is 4.79 Å². The van der Waals surface area contributed by atoms with Gasteiger partial charge in [-0.05, 0) is 36.4 Å². The monoisotopic (exact) mass is 322 g/mol. The van der Waals surface area contributed by atoms with Crippen LogP contribution in [0.5, 0.6) is 0 Å². The summed E-state index contributed by atoms with van der Waals surface area (Å²) in [5.41, 5.74) is 0. The number of halogens is 1. The van der Waals surface area contributed by atoms with Crippen LogP contribution >= 0.6 is 23.4 Å². The van der Waals surface area contributed by atoms with Crippen LogP contribution in [-0.4, -0.2) is 39.4 Å². The topological polar surface area (TPSA) is 53.4 Å². The molecule has 1 aromatic heterocycles. The molecule has 3 rings (SSSR count). The van der Waals surface area contributed by atoms with Crippen LogP contribution in [0.25, 0.3) is 10.8 Å². The predicted octanol–water partition coefficient (Wildman–Crippen LogP) is 4.12. The van der Waals surface area contributed by atoms with E-state index >= 15 is 0 Å². The van der Waals surface area contributed by atoms with E-state index < -0.39 is 6.09 Å². The molecule has 0 spiro atoms. The Morgan fingerprint density at radius 1 is 1.33 bits per heavy atom. The Morgan fingerprint density at radius 2 is 2.10 bits per heavy atom. The first-order chi connectivity index (χ1) is 10.1. The van der Waals surface area contributed by atoms with Gasteiger partial charge in [0.05, 0.1) is 5.02 Å². The summed E-state index contributed by atoms with van der Waals surface area (Å²) in [5.74, 6) is 0. The normalized spacial score (nSPS) is 16.3. The van der Waals surface area contributed by atoms with Crippen molar-refractivity contribution >= 4 is 40.2 Å². The van der Waals surface area contributed by atoms with Gasteiger partial charge in [0.1, 0.15) is 0 Å². The van der Waals surface area contributed by atoms with Crippen molar-refractivity contribution < 1.29 is 9.90 Å². The van der Waals surface area contributed by atoms with Crippen LogP contribution in [0.1, 0.15) is 12.8 Å². The first kappa shape index (κ1) is 14.5. The molecular weight excluding hydrogens is 308 g/mol. The lowest BCUT2D eigenvalue weighted by molar-refractivity contribution is 0.136. The van der Waals surface area contributed by atoms with Gasteiger partial charge in [-0.2, -0.15) is 0 Å². The minimum atomic E-state index is -0.824. The molecule has 110 valence electrons. The van der Waals surface area contributed by atoms with Crippen LogP contribution in [0.4, 0.5) is 4.79 Å².